The summed E-state index contributed by atoms with van der Waals surface area (Å²) in [5.74, 6) is -0.935. The number of carbonyl (C=O) groups is 1. The number of carboxylic acid groups (broad SMARTS) is 1. The third-order valence-corrected chi connectivity index (χ3v) is 3.80. The number of rotatable bonds is 4. The highest BCUT2D eigenvalue weighted by molar-refractivity contribution is 5.98. The minimum Gasteiger partial charge on any atom is -0.477 e. The van der Waals surface area contributed by atoms with Crippen molar-refractivity contribution in [3.05, 3.63) is 71.9 Å². The van der Waals surface area contributed by atoms with Gasteiger partial charge in [0.15, 0.2) is 0 Å². The lowest BCUT2D eigenvalue weighted by Crippen LogP contribution is -1.99. The molecule has 0 atom stereocenters. The molecule has 110 valence electrons. The molecule has 0 saturated carbocycles. The van der Waals surface area contributed by atoms with Crippen LogP contribution in [0.1, 0.15) is 23.0 Å². The summed E-state index contributed by atoms with van der Waals surface area (Å²) >= 11 is 0. The van der Waals surface area contributed by atoms with Crippen molar-refractivity contribution in [2.24, 2.45) is 0 Å². The van der Waals surface area contributed by atoms with E-state index >= 15 is 0 Å². The average molecular weight is 291 g/mol. The molecule has 0 radical (unpaired) electrons. The molecule has 3 rings (SSSR count). The lowest BCUT2D eigenvalue weighted by atomic mass is 9.96. The normalized spacial score (nSPS) is 10.6. The summed E-state index contributed by atoms with van der Waals surface area (Å²) < 4.78 is 0. The lowest BCUT2D eigenvalue weighted by molar-refractivity contribution is 0.0692. The maximum absolute atomic E-state index is 11.7. The number of hydrogen-bond acceptors (Lipinski definition) is 1. The van der Waals surface area contributed by atoms with Crippen LogP contribution in [0.5, 0.6) is 0 Å². The number of aromatic carboxylic acids is 1. The SMILES string of the molecule is CCc1c(-c2ccccc2)[nH]c(C(=O)O)c1-c1ccccc1. The molecule has 0 bridgehead atoms. The first-order valence-corrected chi connectivity index (χ1v) is 7.31. The highest BCUT2D eigenvalue weighted by atomic mass is 16.4. The largest absolute Gasteiger partial charge is 0.477 e. The van der Waals surface area contributed by atoms with Gasteiger partial charge in [0.25, 0.3) is 0 Å². The standard InChI is InChI=1S/C19H17NO2/c1-2-15-16(13-9-5-3-6-10-13)18(19(21)22)20-17(15)14-11-7-4-8-12-14/h3-12,20H,2H2,1H3,(H,21,22). The van der Waals surface area contributed by atoms with Crippen LogP contribution in [0.25, 0.3) is 22.4 Å². The molecule has 0 aliphatic rings. The number of aromatic amines is 1. The molecule has 0 aliphatic heterocycles. The summed E-state index contributed by atoms with van der Waals surface area (Å²) in [5.41, 5.74) is 4.89. The molecule has 22 heavy (non-hydrogen) atoms. The molecule has 0 saturated heterocycles. The summed E-state index contributed by atoms with van der Waals surface area (Å²) in [5, 5.41) is 9.58. The van der Waals surface area contributed by atoms with Crippen molar-refractivity contribution in [2.45, 2.75) is 13.3 Å². The first-order valence-electron chi connectivity index (χ1n) is 7.31. The van der Waals surface area contributed by atoms with Gasteiger partial charge in [-0.3, -0.25) is 0 Å². The van der Waals surface area contributed by atoms with E-state index in [0.717, 1.165) is 34.4 Å². The van der Waals surface area contributed by atoms with E-state index < -0.39 is 5.97 Å². The van der Waals surface area contributed by atoms with Crippen LogP contribution in [-0.4, -0.2) is 16.1 Å². The van der Waals surface area contributed by atoms with Crippen molar-refractivity contribution in [1.82, 2.24) is 4.98 Å². The van der Waals surface area contributed by atoms with Crippen LogP contribution in [0, 0.1) is 0 Å². The molecule has 3 heteroatoms. The maximum Gasteiger partial charge on any atom is 0.352 e. The zero-order chi connectivity index (χ0) is 15.5. The topological polar surface area (TPSA) is 53.1 Å². The van der Waals surface area contributed by atoms with Crippen LogP contribution < -0.4 is 0 Å². The van der Waals surface area contributed by atoms with E-state index in [0.29, 0.717) is 0 Å². The van der Waals surface area contributed by atoms with Gasteiger partial charge in [0.1, 0.15) is 5.69 Å². The van der Waals surface area contributed by atoms with E-state index in [1.165, 1.54) is 0 Å². The van der Waals surface area contributed by atoms with Crippen molar-refractivity contribution in [1.29, 1.82) is 0 Å². The Morgan fingerprint density at radius 3 is 2.00 bits per heavy atom. The fourth-order valence-electron chi connectivity index (χ4n) is 2.83. The zero-order valence-corrected chi connectivity index (χ0v) is 12.3. The van der Waals surface area contributed by atoms with Crippen molar-refractivity contribution in [3.63, 3.8) is 0 Å². The summed E-state index contributed by atoms with van der Waals surface area (Å²) in [6.07, 6.45) is 0.762. The quantitative estimate of drug-likeness (QED) is 0.737. The molecule has 2 N–H and O–H groups in total. The molecule has 3 aromatic rings. The molecule has 0 fully saturated rings. The monoisotopic (exact) mass is 291 g/mol. The van der Waals surface area contributed by atoms with Gasteiger partial charge in [0, 0.05) is 11.3 Å². The van der Waals surface area contributed by atoms with Crippen molar-refractivity contribution in [2.75, 3.05) is 0 Å². The molecule has 1 heterocycles. The van der Waals surface area contributed by atoms with Crippen LogP contribution in [0.4, 0.5) is 0 Å². The second-order valence-electron chi connectivity index (χ2n) is 5.12. The second kappa shape index (κ2) is 5.90. The van der Waals surface area contributed by atoms with Gasteiger partial charge in [-0.25, -0.2) is 4.79 Å². The van der Waals surface area contributed by atoms with Gasteiger partial charge in [-0.2, -0.15) is 0 Å². The minimum absolute atomic E-state index is 0.252. The smallest absolute Gasteiger partial charge is 0.352 e. The van der Waals surface area contributed by atoms with E-state index in [4.69, 9.17) is 0 Å². The molecule has 0 unspecified atom stereocenters. The first-order chi connectivity index (χ1) is 10.7. The Morgan fingerprint density at radius 1 is 0.955 bits per heavy atom. The van der Waals surface area contributed by atoms with E-state index in [-0.39, 0.29) is 5.69 Å². The number of benzene rings is 2. The number of carboxylic acids is 1. The number of nitrogens with one attached hydrogen (secondary N) is 1. The molecule has 3 nitrogen and oxygen atoms in total. The van der Waals surface area contributed by atoms with Crippen LogP contribution in [-0.2, 0) is 6.42 Å². The highest BCUT2D eigenvalue weighted by Gasteiger charge is 2.22. The maximum atomic E-state index is 11.7. The predicted octanol–water partition coefficient (Wildman–Crippen LogP) is 4.61. The van der Waals surface area contributed by atoms with Crippen molar-refractivity contribution >= 4 is 5.97 Å². The first kappa shape index (κ1) is 14.1. The Kier molecular flexibility index (Phi) is 3.79. The molecule has 0 amide bonds. The van der Waals surface area contributed by atoms with Crippen molar-refractivity contribution in [3.8, 4) is 22.4 Å². The Bertz CT molecular complexity index is 789. The fraction of sp³-hybridized carbons (Fsp3) is 0.105. The van der Waals surface area contributed by atoms with Crippen molar-refractivity contribution < 1.29 is 9.90 Å². The molecule has 0 aliphatic carbocycles. The number of hydrogen-bond donors (Lipinski definition) is 2. The molecular formula is C19H17NO2. The zero-order valence-electron chi connectivity index (χ0n) is 12.3. The highest BCUT2D eigenvalue weighted by Crippen LogP contribution is 2.35. The van der Waals surface area contributed by atoms with Gasteiger partial charge >= 0.3 is 5.97 Å². The van der Waals surface area contributed by atoms with Gasteiger partial charge in [-0.05, 0) is 23.1 Å². The summed E-state index contributed by atoms with van der Waals surface area (Å²) in [6.45, 7) is 2.05. The number of H-pyrrole nitrogens is 1. The summed E-state index contributed by atoms with van der Waals surface area (Å²) in [4.78, 5) is 14.8. The van der Waals surface area contributed by atoms with Crippen LogP contribution in [0.2, 0.25) is 0 Å². The Hall–Kier alpha value is -2.81. The molecule has 1 aromatic heterocycles. The van der Waals surface area contributed by atoms with Gasteiger partial charge in [0.2, 0.25) is 0 Å². The second-order valence-corrected chi connectivity index (χ2v) is 5.12. The van der Waals surface area contributed by atoms with Crippen LogP contribution >= 0.6 is 0 Å². The van der Waals surface area contributed by atoms with E-state index in [1.807, 2.05) is 67.6 Å². The fourth-order valence-corrected chi connectivity index (χ4v) is 2.83. The van der Waals surface area contributed by atoms with E-state index in [9.17, 15) is 9.90 Å². The Morgan fingerprint density at radius 2 is 1.50 bits per heavy atom. The molecule has 2 aromatic carbocycles. The Labute approximate surface area is 129 Å². The van der Waals surface area contributed by atoms with Crippen LogP contribution in [0.3, 0.4) is 0 Å². The van der Waals surface area contributed by atoms with Gasteiger partial charge in [-0.1, -0.05) is 67.6 Å². The Balaban J connectivity index is 2.29. The van der Waals surface area contributed by atoms with E-state index in [1.54, 1.807) is 0 Å². The third-order valence-electron chi connectivity index (χ3n) is 3.80. The summed E-state index contributed by atoms with van der Waals surface area (Å²) in [7, 11) is 0. The molecule has 0 spiro atoms. The predicted molar refractivity (Wildman–Crippen MR) is 88.0 cm³/mol. The average Bonchev–Trinajstić information content (AvgIpc) is 2.96. The molecular weight excluding hydrogens is 274 g/mol. The number of aromatic nitrogens is 1. The minimum atomic E-state index is -0.935. The van der Waals surface area contributed by atoms with Gasteiger partial charge < -0.3 is 10.1 Å². The van der Waals surface area contributed by atoms with Gasteiger partial charge in [-0.15, -0.1) is 0 Å². The lowest BCUT2D eigenvalue weighted by Gasteiger charge is -2.06. The van der Waals surface area contributed by atoms with Crippen LogP contribution in [0.15, 0.2) is 60.7 Å². The summed E-state index contributed by atoms with van der Waals surface area (Å²) in [6, 6.07) is 19.5. The third kappa shape index (κ3) is 2.42. The van der Waals surface area contributed by atoms with E-state index in [2.05, 4.69) is 4.98 Å². The van der Waals surface area contributed by atoms with Gasteiger partial charge in [0.05, 0.1) is 0 Å².